The van der Waals surface area contributed by atoms with E-state index in [1.54, 1.807) is 37.3 Å². The molecular formula is C12H12N4O2S. The monoisotopic (exact) mass is 276 g/mol. The largest absolute Gasteiger partial charge is 0.360 e. The summed E-state index contributed by atoms with van der Waals surface area (Å²) in [4.78, 5) is 0. The quantitative estimate of drug-likeness (QED) is 0.814. The van der Waals surface area contributed by atoms with Crippen molar-refractivity contribution in [1.82, 2.24) is 0 Å². The fourth-order valence-corrected chi connectivity index (χ4v) is 1.90. The molecule has 2 N–H and O–H groups in total. The van der Waals surface area contributed by atoms with Gasteiger partial charge in [-0.15, -0.1) is 0 Å². The van der Waals surface area contributed by atoms with E-state index in [1.807, 2.05) is 0 Å². The zero-order valence-electron chi connectivity index (χ0n) is 10.4. The molecular weight excluding hydrogens is 264 g/mol. The molecule has 0 heterocycles. The van der Waals surface area contributed by atoms with Gasteiger partial charge in [-0.25, -0.2) is 8.42 Å². The van der Waals surface area contributed by atoms with Crippen LogP contribution in [0.15, 0.2) is 30.0 Å². The van der Waals surface area contributed by atoms with E-state index in [0.29, 0.717) is 11.4 Å². The molecule has 6 nitrogen and oxygen atoms in total. The Morgan fingerprint density at radius 3 is 2.42 bits per heavy atom. The zero-order valence-corrected chi connectivity index (χ0v) is 11.2. The second-order valence-electron chi connectivity index (χ2n) is 3.83. The Morgan fingerprint density at radius 2 is 1.95 bits per heavy atom. The summed E-state index contributed by atoms with van der Waals surface area (Å²) < 4.78 is 24.5. The van der Waals surface area contributed by atoms with Crippen molar-refractivity contribution in [2.75, 3.05) is 16.3 Å². The number of aryl methyl sites for hydroxylation is 1. The summed E-state index contributed by atoms with van der Waals surface area (Å²) >= 11 is 0. The molecule has 0 radical (unpaired) electrons. The van der Waals surface area contributed by atoms with E-state index in [-0.39, 0.29) is 5.57 Å². The maximum Gasteiger partial charge on any atom is 0.229 e. The van der Waals surface area contributed by atoms with Crippen LogP contribution in [0.4, 0.5) is 11.4 Å². The van der Waals surface area contributed by atoms with Crippen LogP contribution in [0.3, 0.4) is 0 Å². The third-order valence-electron chi connectivity index (χ3n) is 2.14. The van der Waals surface area contributed by atoms with Crippen molar-refractivity contribution in [3.8, 4) is 12.1 Å². The van der Waals surface area contributed by atoms with Crippen LogP contribution in [0.5, 0.6) is 0 Å². The highest BCUT2D eigenvalue weighted by molar-refractivity contribution is 7.92. The Balaban J connectivity index is 2.94. The molecule has 0 aliphatic carbocycles. The smallest absolute Gasteiger partial charge is 0.229 e. The van der Waals surface area contributed by atoms with Crippen molar-refractivity contribution in [3.63, 3.8) is 0 Å². The summed E-state index contributed by atoms with van der Waals surface area (Å²) in [6, 6.07) is 8.35. The molecule has 0 bridgehead atoms. The predicted octanol–water partition coefficient (Wildman–Crippen LogP) is 1.71. The van der Waals surface area contributed by atoms with Crippen LogP contribution in [-0.4, -0.2) is 14.7 Å². The van der Waals surface area contributed by atoms with Crippen molar-refractivity contribution in [2.45, 2.75) is 6.92 Å². The van der Waals surface area contributed by atoms with E-state index in [1.165, 1.54) is 6.20 Å². The maximum absolute atomic E-state index is 11.1. The Labute approximate surface area is 112 Å². The first kappa shape index (κ1) is 14.6. The van der Waals surface area contributed by atoms with Gasteiger partial charge in [-0.3, -0.25) is 4.72 Å². The van der Waals surface area contributed by atoms with Crippen molar-refractivity contribution < 1.29 is 8.42 Å². The van der Waals surface area contributed by atoms with E-state index in [0.717, 1.165) is 11.8 Å². The van der Waals surface area contributed by atoms with E-state index in [9.17, 15) is 8.42 Å². The number of allylic oxidation sites excluding steroid dienone is 1. The van der Waals surface area contributed by atoms with Gasteiger partial charge >= 0.3 is 0 Å². The summed E-state index contributed by atoms with van der Waals surface area (Å²) in [5.74, 6) is 0. The molecule has 0 atom stereocenters. The number of nitrogens with one attached hydrogen (secondary N) is 2. The Kier molecular flexibility index (Phi) is 4.51. The number of nitrogens with zero attached hydrogens (tertiary/aromatic N) is 2. The Bertz CT molecular complexity index is 677. The average Bonchev–Trinajstić information content (AvgIpc) is 2.30. The van der Waals surface area contributed by atoms with E-state index < -0.39 is 10.0 Å². The van der Waals surface area contributed by atoms with Gasteiger partial charge in [-0.05, 0) is 30.7 Å². The SMILES string of the molecule is Cc1cc(NS(C)(=O)=O)ccc1NC=C(C#N)C#N. The second kappa shape index (κ2) is 5.89. The van der Waals surface area contributed by atoms with Crippen LogP contribution in [0.1, 0.15) is 5.56 Å². The van der Waals surface area contributed by atoms with Gasteiger partial charge in [0, 0.05) is 17.6 Å². The molecule has 1 rings (SSSR count). The first-order valence-corrected chi connectivity index (χ1v) is 7.10. The third-order valence-corrected chi connectivity index (χ3v) is 2.75. The summed E-state index contributed by atoms with van der Waals surface area (Å²) in [6.07, 6.45) is 2.37. The zero-order chi connectivity index (χ0) is 14.5. The highest BCUT2D eigenvalue weighted by Gasteiger charge is 2.04. The number of rotatable bonds is 4. The van der Waals surface area contributed by atoms with Crippen molar-refractivity contribution >= 4 is 21.4 Å². The van der Waals surface area contributed by atoms with Gasteiger partial charge in [0.2, 0.25) is 10.0 Å². The lowest BCUT2D eigenvalue weighted by atomic mass is 10.2. The van der Waals surface area contributed by atoms with Crippen LogP contribution >= 0.6 is 0 Å². The standard InChI is InChI=1S/C12H12N4O2S/c1-9-5-11(16-19(2,17)18)3-4-12(9)15-8-10(6-13)7-14/h3-5,8,15-16H,1-2H3. The molecule has 0 aromatic heterocycles. The van der Waals surface area contributed by atoms with Crippen LogP contribution in [0.2, 0.25) is 0 Å². The van der Waals surface area contributed by atoms with Gasteiger partial charge in [0.15, 0.2) is 0 Å². The Morgan fingerprint density at radius 1 is 1.32 bits per heavy atom. The lowest BCUT2D eigenvalue weighted by Gasteiger charge is -2.09. The molecule has 0 aliphatic rings. The second-order valence-corrected chi connectivity index (χ2v) is 5.58. The lowest BCUT2D eigenvalue weighted by molar-refractivity contribution is 0.607. The van der Waals surface area contributed by atoms with Crippen LogP contribution < -0.4 is 10.0 Å². The summed E-state index contributed by atoms with van der Waals surface area (Å²) in [6.45, 7) is 1.78. The number of hydrogen-bond acceptors (Lipinski definition) is 5. The number of sulfonamides is 1. The van der Waals surface area contributed by atoms with Gasteiger partial charge in [0.1, 0.15) is 17.7 Å². The topological polar surface area (TPSA) is 106 Å². The van der Waals surface area contributed by atoms with E-state index >= 15 is 0 Å². The predicted molar refractivity (Wildman–Crippen MR) is 72.6 cm³/mol. The fraction of sp³-hybridized carbons (Fsp3) is 0.167. The molecule has 19 heavy (non-hydrogen) atoms. The van der Waals surface area contributed by atoms with Crippen LogP contribution in [0, 0.1) is 29.6 Å². The van der Waals surface area contributed by atoms with Gasteiger partial charge < -0.3 is 5.32 Å². The highest BCUT2D eigenvalue weighted by Crippen LogP contribution is 2.20. The number of benzene rings is 1. The molecule has 1 aromatic carbocycles. The highest BCUT2D eigenvalue weighted by atomic mass is 32.2. The van der Waals surface area contributed by atoms with Gasteiger partial charge in [-0.2, -0.15) is 10.5 Å². The van der Waals surface area contributed by atoms with E-state index in [4.69, 9.17) is 10.5 Å². The molecule has 7 heteroatoms. The van der Waals surface area contributed by atoms with Crippen molar-refractivity contribution in [3.05, 3.63) is 35.5 Å². The minimum atomic E-state index is -3.31. The normalized spacial score (nSPS) is 9.89. The summed E-state index contributed by atoms with van der Waals surface area (Å²) in [5, 5.41) is 20.0. The first-order valence-electron chi connectivity index (χ1n) is 5.21. The first-order chi connectivity index (χ1) is 8.85. The molecule has 0 saturated heterocycles. The summed E-state index contributed by atoms with van der Waals surface area (Å²) in [5.41, 5.74) is 1.87. The van der Waals surface area contributed by atoms with Crippen LogP contribution in [0.25, 0.3) is 0 Å². The lowest BCUT2D eigenvalue weighted by Crippen LogP contribution is -2.09. The molecule has 0 spiro atoms. The van der Waals surface area contributed by atoms with E-state index in [2.05, 4.69) is 10.0 Å². The van der Waals surface area contributed by atoms with Crippen LogP contribution in [-0.2, 0) is 10.0 Å². The minimum absolute atomic E-state index is 0.0438. The summed E-state index contributed by atoms with van der Waals surface area (Å²) in [7, 11) is -3.31. The van der Waals surface area contributed by atoms with Gasteiger partial charge in [0.05, 0.1) is 6.26 Å². The molecule has 98 valence electrons. The fourth-order valence-electron chi connectivity index (χ4n) is 1.34. The number of nitriles is 2. The van der Waals surface area contributed by atoms with Crippen molar-refractivity contribution in [2.24, 2.45) is 0 Å². The maximum atomic E-state index is 11.1. The molecule has 0 saturated carbocycles. The molecule has 0 fully saturated rings. The minimum Gasteiger partial charge on any atom is -0.360 e. The van der Waals surface area contributed by atoms with Gasteiger partial charge in [0.25, 0.3) is 0 Å². The Hall–Kier alpha value is -2.51. The van der Waals surface area contributed by atoms with Crippen molar-refractivity contribution in [1.29, 1.82) is 10.5 Å². The average molecular weight is 276 g/mol. The number of anilines is 2. The third kappa shape index (κ3) is 4.70. The molecule has 0 unspecified atom stereocenters. The molecule has 0 amide bonds. The number of hydrogen-bond donors (Lipinski definition) is 2. The molecule has 0 aliphatic heterocycles. The molecule has 1 aromatic rings. The van der Waals surface area contributed by atoms with Gasteiger partial charge in [-0.1, -0.05) is 0 Å².